The Hall–Kier alpha value is -1.74. The van der Waals surface area contributed by atoms with Crippen molar-refractivity contribution in [3.05, 3.63) is 53.0 Å². The van der Waals surface area contributed by atoms with Gasteiger partial charge in [-0.1, -0.05) is 6.07 Å². The van der Waals surface area contributed by atoms with E-state index in [9.17, 15) is 0 Å². The lowest BCUT2D eigenvalue weighted by atomic mass is 10.0. The van der Waals surface area contributed by atoms with Crippen molar-refractivity contribution in [2.24, 2.45) is 5.73 Å². The lowest BCUT2D eigenvalue weighted by Gasteiger charge is -2.21. The Morgan fingerprint density at radius 1 is 1.20 bits per heavy atom. The lowest BCUT2D eigenvalue weighted by Crippen LogP contribution is -2.19. The predicted octanol–water partition coefficient (Wildman–Crippen LogP) is 3.42. The molecule has 3 nitrogen and oxygen atoms in total. The number of furan rings is 1. The van der Waals surface area contributed by atoms with E-state index in [4.69, 9.17) is 10.2 Å². The van der Waals surface area contributed by atoms with E-state index >= 15 is 0 Å². The summed E-state index contributed by atoms with van der Waals surface area (Å²) < 4.78 is 5.35. The van der Waals surface area contributed by atoms with Crippen LogP contribution in [0, 0.1) is 13.8 Å². The molecule has 3 heteroatoms. The highest BCUT2D eigenvalue weighted by molar-refractivity contribution is 5.51. The number of hydrogen-bond donors (Lipinski definition) is 1. The molecule has 2 rings (SSSR count). The molecule has 0 spiro atoms. The van der Waals surface area contributed by atoms with Crippen molar-refractivity contribution in [1.29, 1.82) is 0 Å². The third-order valence-corrected chi connectivity index (χ3v) is 3.68. The van der Waals surface area contributed by atoms with Crippen LogP contribution in [0.2, 0.25) is 0 Å². The molecular formula is C17H24N2O. The van der Waals surface area contributed by atoms with E-state index in [2.05, 4.69) is 37.1 Å². The van der Waals surface area contributed by atoms with Gasteiger partial charge >= 0.3 is 0 Å². The lowest BCUT2D eigenvalue weighted by molar-refractivity contribution is 0.529. The largest absolute Gasteiger partial charge is 0.469 e. The molecule has 0 saturated carbocycles. The highest BCUT2D eigenvalue weighted by Gasteiger charge is 2.08. The first-order chi connectivity index (χ1) is 9.47. The first kappa shape index (κ1) is 14.7. The Morgan fingerprint density at radius 2 is 1.95 bits per heavy atom. The molecule has 2 aromatic rings. The molecule has 0 aliphatic rings. The van der Waals surface area contributed by atoms with Crippen molar-refractivity contribution >= 4 is 5.69 Å². The molecule has 1 heterocycles. The second-order valence-electron chi connectivity index (χ2n) is 5.65. The summed E-state index contributed by atoms with van der Waals surface area (Å²) in [5, 5.41) is 0. The third kappa shape index (κ3) is 3.42. The topological polar surface area (TPSA) is 42.4 Å². The zero-order chi connectivity index (χ0) is 14.7. The summed E-state index contributed by atoms with van der Waals surface area (Å²) >= 11 is 0. The molecule has 0 saturated heterocycles. The standard InChI is InChI=1S/C17H24N2O/c1-12-9-17(6-5-15(12)10-13(2)18)19(4)11-16-7-8-20-14(16)3/h5-9,13H,10-11,18H2,1-4H3. The molecule has 0 radical (unpaired) electrons. The maximum absolute atomic E-state index is 5.88. The van der Waals surface area contributed by atoms with E-state index in [1.54, 1.807) is 6.26 Å². The molecule has 108 valence electrons. The normalized spacial score (nSPS) is 12.4. The molecule has 20 heavy (non-hydrogen) atoms. The molecule has 2 N–H and O–H groups in total. The van der Waals surface area contributed by atoms with E-state index < -0.39 is 0 Å². The van der Waals surface area contributed by atoms with Crippen LogP contribution in [-0.4, -0.2) is 13.1 Å². The summed E-state index contributed by atoms with van der Waals surface area (Å²) in [6.07, 6.45) is 2.67. The van der Waals surface area contributed by atoms with Crippen LogP contribution >= 0.6 is 0 Å². The molecular weight excluding hydrogens is 248 g/mol. The number of nitrogens with two attached hydrogens (primary N) is 1. The fourth-order valence-corrected chi connectivity index (χ4v) is 2.42. The van der Waals surface area contributed by atoms with Gasteiger partial charge in [0.1, 0.15) is 5.76 Å². The second-order valence-corrected chi connectivity index (χ2v) is 5.65. The van der Waals surface area contributed by atoms with Gasteiger partial charge in [0.05, 0.1) is 6.26 Å². The fourth-order valence-electron chi connectivity index (χ4n) is 2.42. The van der Waals surface area contributed by atoms with Gasteiger partial charge in [0.2, 0.25) is 0 Å². The third-order valence-electron chi connectivity index (χ3n) is 3.68. The number of aryl methyl sites for hydroxylation is 2. The van der Waals surface area contributed by atoms with Gasteiger partial charge in [-0.2, -0.15) is 0 Å². The van der Waals surface area contributed by atoms with Crippen LogP contribution in [0.3, 0.4) is 0 Å². The SMILES string of the molecule is Cc1cc(N(C)Cc2ccoc2C)ccc1CC(C)N. The molecule has 0 aliphatic heterocycles. The molecule has 1 aromatic carbocycles. The molecule has 0 fully saturated rings. The first-order valence-electron chi connectivity index (χ1n) is 7.06. The monoisotopic (exact) mass is 272 g/mol. The number of rotatable bonds is 5. The summed E-state index contributed by atoms with van der Waals surface area (Å²) in [5.41, 5.74) is 11.0. The Balaban J connectivity index is 2.12. The minimum atomic E-state index is 0.200. The summed E-state index contributed by atoms with van der Waals surface area (Å²) in [4.78, 5) is 2.24. The summed E-state index contributed by atoms with van der Waals surface area (Å²) in [7, 11) is 2.10. The number of anilines is 1. The minimum absolute atomic E-state index is 0.200. The smallest absolute Gasteiger partial charge is 0.105 e. The van der Waals surface area contributed by atoms with Crippen LogP contribution in [0.4, 0.5) is 5.69 Å². The van der Waals surface area contributed by atoms with E-state index in [0.29, 0.717) is 0 Å². The Morgan fingerprint density at radius 3 is 2.50 bits per heavy atom. The summed E-state index contributed by atoms with van der Waals surface area (Å²) in [6.45, 7) is 7.05. The van der Waals surface area contributed by atoms with Crippen LogP contribution in [0.15, 0.2) is 34.9 Å². The minimum Gasteiger partial charge on any atom is -0.469 e. The van der Waals surface area contributed by atoms with Crippen molar-refractivity contribution < 1.29 is 4.42 Å². The van der Waals surface area contributed by atoms with Crippen molar-refractivity contribution in [2.45, 2.75) is 39.8 Å². The van der Waals surface area contributed by atoms with Crippen LogP contribution in [0.1, 0.15) is 29.4 Å². The van der Waals surface area contributed by atoms with Crippen molar-refractivity contribution in [2.75, 3.05) is 11.9 Å². The van der Waals surface area contributed by atoms with Crippen LogP contribution in [-0.2, 0) is 13.0 Å². The molecule has 0 aliphatic carbocycles. The molecule has 1 aromatic heterocycles. The zero-order valence-electron chi connectivity index (χ0n) is 12.8. The number of hydrogen-bond acceptors (Lipinski definition) is 3. The first-order valence-corrected chi connectivity index (χ1v) is 7.06. The molecule has 0 amide bonds. The maximum atomic E-state index is 5.88. The van der Waals surface area contributed by atoms with Gasteiger partial charge in [0, 0.05) is 30.9 Å². The van der Waals surface area contributed by atoms with Gasteiger partial charge in [-0.3, -0.25) is 0 Å². The van der Waals surface area contributed by atoms with E-state index in [-0.39, 0.29) is 6.04 Å². The second kappa shape index (κ2) is 6.14. The highest BCUT2D eigenvalue weighted by Crippen LogP contribution is 2.22. The van der Waals surface area contributed by atoms with Crippen molar-refractivity contribution in [3.8, 4) is 0 Å². The van der Waals surface area contributed by atoms with Gasteiger partial charge in [0.15, 0.2) is 0 Å². The van der Waals surface area contributed by atoms with Gasteiger partial charge in [-0.05, 0) is 56.5 Å². The van der Waals surface area contributed by atoms with E-state index in [1.165, 1.54) is 22.4 Å². The Bertz CT molecular complexity index is 572. The maximum Gasteiger partial charge on any atom is 0.105 e. The van der Waals surface area contributed by atoms with Crippen molar-refractivity contribution in [3.63, 3.8) is 0 Å². The number of nitrogens with zero attached hydrogens (tertiary/aromatic N) is 1. The predicted molar refractivity (Wildman–Crippen MR) is 84.1 cm³/mol. The summed E-state index contributed by atoms with van der Waals surface area (Å²) in [6, 6.07) is 8.81. The van der Waals surface area contributed by atoms with Gasteiger partial charge in [0.25, 0.3) is 0 Å². The Kier molecular flexibility index (Phi) is 4.50. The fraction of sp³-hybridized carbons (Fsp3) is 0.412. The van der Waals surface area contributed by atoms with Crippen LogP contribution in [0.5, 0.6) is 0 Å². The van der Waals surface area contributed by atoms with Crippen molar-refractivity contribution in [1.82, 2.24) is 0 Å². The quantitative estimate of drug-likeness (QED) is 0.907. The van der Waals surface area contributed by atoms with E-state index in [0.717, 1.165) is 18.7 Å². The molecule has 0 bridgehead atoms. The van der Waals surface area contributed by atoms with Gasteiger partial charge in [-0.25, -0.2) is 0 Å². The van der Waals surface area contributed by atoms with Gasteiger partial charge in [-0.15, -0.1) is 0 Å². The average molecular weight is 272 g/mol. The van der Waals surface area contributed by atoms with E-state index in [1.807, 2.05) is 19.9 Å². The highest BCUT2D eigenvalue weighted by atomic mass is 16.3. The van der Waals surface area contributed by atoms with Crippen LogP contribution in [0.25, 0.3) is 0 Å². The van der Waals surface area contributed by atoms with Crippen LogP contribution < -0.4 is 10.6 Å². The zero-order valence-corrected chi connectivity index (χ0v) is 12.8. The Labute approximate surface area is 121 Å². The average Bonchev–Trinajstić information content (AvgIpc) is 2.77. The van der Waals surface area contributed by atoms with Gasteiger partial charge < -0.3 is 15.1 Å². The summed E-state index contributed by atoms with van der Waals surface area (Å²) in [5.74, 6) is 0.988. The number of benzene rings is 1. The molecule has 1 atom stereocenters. The molecule has 1 unspecified atom stereocenters.